The van der Waals surface area contributed by atoms with Crippen molar-refractivity contribution in [2.45, 2.75) is 13.8 Å². The summed E-state index contributed by atoms with van der Waals surface area (Å²) in [6.45, 7) is 4.53. The average molecular weight is 226 g/mol. The predicted octanol–water partition coefficient (Wildman–Crippen LogP) is 3.26. The van der Waals surface area contributed by atoms with E-state index in [9.17, 15) is 0 Å². The maximum absolute atomic E-state index is 8.90. The molecule has 0 saturated heterocycles. The standard InChI is InChI=1S/C14H14N2O/c1-3-17-13-6-4-11(5-7-13)14-8-12(9-15)10(2)16-14/h4-8,16H,3H2,1-2H3. The van der Waals surface area contributed by atoms with Crippen LogP contribution in [0.1, 0.15) is 18.2 Å². The van der Waals surface area contributed by atoms with Crippen LogP contribution in [0.5, 0.6) is 5.75 Å². The van der Waals surface area contributed by atoms with Gasteiger partial charge in [-0.15, -0.1) is 0 Å². The average Bonchev–Trinajstić information content (AvgIpc) is 2.72. The van der Waals surface area contributed by atoms with Crippen LogP contribution in [0, 0.1) is 18.3 Å². The van der Waals surface area contributed by atoms with Crippen LogP contribution in [-0.2, 0) is 0 Å². The Morgan fingerprint density at radius 1 is 1.29 bits per heavy atom. The zero-order valence-corrected chi connectivity index (χ0v) is 9.95. The van der Waals surface area contributed by atoms with Crippen molar-refractivity contribution in [1.82, 2.24) is 4.98 Å². The fourth-order valence-electron chi connectivity index (χ4n) is 1.73. The van der Waals surface area contributed by atoms with E-state index < -0.39 is 0 Å². The number of aromatic amines is 1. The number of nitriles is 1. The molecule has 1 heterocycles. The highest BCUT2D eigenvalue weighted by Crippen LogP contribution is 2.23. The zero-order chi connectivity index (χ0) is 12.3. The molecule has 0 spiro atoms. The van der Waals surface area contributed by atoms with Crippen LogP contribution in [0.15, 0.2) is 30.3 Å². The summed E-state index contributed by atoms with van der Waals surface area (Å²) in [4.78, 5) is 3.20. The van der Waals surface area contributed by atoms with Gasteiger partial charge >= 0.3 is 0 Å². The molecule has 2 aromatic rings. The minimum Gasteiger partial charge on any atom is -0.494 e. The molecule has 0 atom stereocenters. The number of nitrogens with one attached hydrogen (secondary N) is 1. The molecule has 0 aliphatic carbocycles. The number of aryl methyl sites for hydroxylation is 1. The molecule has 0 bridgehead atoms. The first-order valence-corrected chi connectivity index (χ1v) is 5.57. The Morgan fingerprint density at radius 2 is 2.00 bits per heavy atom. The highest BCUT2D eigenvalue weighted by atomic mass is 16.5. The minimum absolute atomic E-state index is 0.666. The maximum atomic E-state index is 8.90. The van der Waals surface area contributed by atoms with Gasteiger partial charge in [-0.25, -0.2) is 0 Å². The molecule has 1 aromatic heterocycles. The lowest BCUT2D eigenvalue weighted by Gasteiger charge is -2.03. The van der Waals surface area contributed by atoms with Gasteiger partial charge in [-0.3, -0.25) is 0 Å². The molecular weight excluding hydrogens is 212 g/mol. The second-order valence-corrected chi connectivity index (χ2v) is 3.79. The molecule has 2 rings (SSSR count). The van der Waals surface area contributed by atoms with Crippen molar-refractivity contribution in [2.24, 2.45) is 0 Å². The van der Waals surface area contributed by atoms with Crippen LogP contribution in [0.3, 0.4) is 0 Å². The first-order valence-electron chi connectivity index (χ1n) is 5.57. The Hall–Kier alpha value is -2.21. The lowest BCUT2D eigenvalue weighted by molar-refractivity contribution is 0.340. The van der Waals surface area contributed by atoms with Crippen LogP contribution in [0.2, 0.25) is 0 Å². The Kier molecular flexibility index (Phi) is 3.15. The van der Waals surface area contributed by atoms with Crippen LogP contribution in [-0.4, -0.2) is 11.6 Å². The van der Waals surface area contributed by atoms with Gasteiger partial charge in [0.05, 0.1) is 12.2 Å². The maximum Gasteiger partial charge on any atom is 0.119 e. The quantitative estimate of drug-likeness (QED) is 0.873. The van der Waals surface area contributed by atoms with Crippen molar-refractivity contribution < 1.29 is 4.74 Å². The van der Waals surface area contributed by atoms with Gasteiger partial charge in [0, 0.05) is 11.4 Å². The Labute approximate surface area is 101 Å². The van der Waals surface area contributed by atoms with E-state index in [4.69, 9.17) is 10.00 Å². The van der Waals surface area contributed by atoms with Gasteiger partial charge in [0.2, 0.25) is 0 Å². The number of aromatic nitrogens is 1. The molecule has 0 aliphatic heterocycles. The summed E-state index contributed by atoms with van der Waals surface area (Å²) in [5.74, 6) is 0.861. The van der Waals surface area contributed by atoms with Gasteiger partial charge in [-0.2, -0.15) is 5.26 Å². The fourth-order valence-corrected chi connectivity index (χ4v) is 1.73. The van der Waals surface area contributed by atoms with Crippen LogP contribution in [0.4, 0.5) is 0 Å². The van der Waals surface area contributed by atoms with Crippen molar-refractivity contribution in [2.75, 3.05) is 6.61 Å². The fraction of sp³-hybridized carbons (Fsp3) is 0.214. The zero-order valence-electron chi connectivity index (χ0n) is 9.95. The number of H-pyrrole nitrogens is 1. The third kappa shape index (κ3) is 2.31. The van der Waals surface area contributed by atoms with E-state index in [-0.39, 0.29) is 0 Å². The Morgan fingerprint density at radius 3 is 2.53 bits per heavy atom. The molecule has 1 aromatic carbocycles. The Balaban J connectivity index is 2.30. The van der Waals surface area contributed by atoms with E-state index in [2.05, 4.69) is 11.1 Å². The summed E-state index contributed by atoms with van der Waals surface area (Å²) in [7, 11) is 0. The van der Waals surface area contributed by atoms with Crippen LogP contribution < -0.4 is 4.74 Å². The summed E-state index contributed by atoms with van der Waals surface area (Å²) in [5, 5.41) is 8.90. The molecule has 3 heteroatoms. The molecule has 3 nitrogen and oxygen atoms in total. The van der Waals surface area contributed by atoms with Crippen LogP contribution in [0.25, 0.3) is 11.3 Å². The van der Waals surface area contributed by atoms with E-state index in [0.29, 0.717) is 12.2 Å². The topological polar surface area (TPSA) is 48.8 Å². The van der Waals surface area contributed by atoms with Gasteiger partial charge in [0.15, 0.2) is 0 Å². The summed E-state index contributed by atoms with van der Waals surface area (Å²) in [6, 6.07) is 11.9. The van der Waals surface area contributed by atoms with Crippen LogP contribution >= 0.6 is 0 Å². The highest BCUT2D eigenvalue weighted by Gasteiger charge is 2.05. The predicted molar refractivity (Wildman–Crippen MR) is 66.8 cm³/mol. The van der Waals surface area contributed by atoms with Crippen molar-refractivity contribution >= 4 is 0 Å². The van der Waals surface area contributed by atoms with Gasteiger partial charge < -0.3 is 9.72 Å². The second kappa shape index (κ2) is 4.75. The van der Waals surface area contributed by atoms with Gasteiger partial charge in [0.25, 0.3) is 0 Å². The molecule has 0 saturated carbocycles. The molecule has 0 unspecified atom stereocenters. The van der Waals surface area contributed by atoms with Gasteiger partial charge in [0.1, 0.15) is 11.8 Å². The first kappa shape index (κ1) is 11.3. The number of hydrogen-bond acceptors (Lipinski definition) is 2. The van der Waals surface area contributed by atoms with Crippen molar-refractivity contribution in [3.8, 4) is 23.1 Å². The third-order valence-electron chi connectivity index (χ3n) is 2.61. The van der Waals surface area contributed by atoms with Gasteiger partial charge in [-0.05, 0) is 49.7 Å². The van der Waals surface area contributed by atoms with Crippen molar-refractivity contribution in [3.63, 3.8) is 0 Å². The van der Waals surface area contributed by atoms with E-state index >= 15 is 0 Å². The van der Waals surface area contributed by atoms with E-state index in [0.717, 1.165) is 22.7 Å². The number of hydrogen-bond donors (Lipinski definition) is 1. The largest absolute Gasteiger partial charge is 0.494 e. The second-order valence-electron chi connectivity index (χ2n) is 3.79. The van der Waals surface area contributed by atoms with Crippen molar-refractivity contribution in [3.05, 3.63) is 41.6 Å². The van der Waals surface area contributed by atoms with E-state index in [1.807, 2.05) is 44.2 Å². The SMILES string of the molecule is CCOc1ccc(-c2cc(C#N)c(C)[nH]2)cc1. The number of rotatable bonds is 3. The Bertz CT molecular complexity index is 547. The lowest BCUT2D eigenvalue weighted by Crippen LogP contribution is -1.90. The van der Waals surface area contributed by atoms with E-state index in [1.165, 1.54) is 0 Å². The molecule has 0 amide bonds. The molecule has 0 radical (unpaired) electrons. The molecule has 86 valence electrons. The summed E-state index contributed by atoms with van der Waals surface area (Å²) in [6.07, 6.45) is 0. The third-order valence-corrected chi connectivity index (χ3v) is 2.61. The normalized spacial score (nSPS) is 9.94. The molecule has 1 N–H and O–H groups in total. The summed E-state index contributed by atoms with van der Waals surface area (Å²) in [5.41, 5.74) is 3.60. The number of benzene rings is 1. The first-order chi connectivity index (χ1) is 8.24. The highest BCUT2D eigenvalue weighted by molar-refractivity contribution is 5.63. The van der Waals surface area contributed by atoms with E-state index in [1.54, 1.807) is 0 Å². The molecule has 0 aliphatic rings. The summed E-state index contributed by atoms with van der Waals surface area (Å²) < 4.78 is 5.38. The minimum atomic E-state index is 0.666. The number of nitrogens with zero attached hydrogens (tertiary/aromatic N) is 1. The summed E-state index contributed by atoms with van der Waals surface area (Å²) >= 11 is 0. The molecule has 0 fully saturated rings. The molecular formula is C14H14N2O. The van der Waals surface area contributed by atoms with Gasteiger partial charge in [-0.1, -0.05) is 0 Å². The monoisotopic (exact) mass is 226 g/mol. The lowest BCUT2D eigenvalue weighted by atomic mass is 10.1. The molecule has 17 heavy (non-hydrogen) atoms. The number of ether oxygens (including phenoxy) is 1. The van der Waals surface area contributed by atoms with Crippen molar-refractivity contribution in [1.29, 1.82) is 5.26 Å². The smallest absolute Gasteiger partial charge is 0.119 e.